The molecule has 4 aromatic rings. The Balaban J connectivity index is 1.50. The van der Waals surface area contributed by atoms with Crippen molar-refractivity contribution in [2.75, 3.05) is 13.1 Å². The topological polar surface area (TPSA) is 60.2 Å². The third kappa shape index (κ3) is 4.25. The van der Waals surface area contributed by atoms with Gasteiger partial charge in [-0.3, -0.25) is 9.78 Å². The number of ether oxygens (including phenoxy) is 1. The Labute approximate surface area is 199 Å². The first-order valence-corrected chi connectivity index (χ1v) is 11.1. The summed E-state index contributed by atoms with van der Waals surface area (Å²) in [6.45, 7) is 4.59. The Hall–Kier alpha value is -4.14. The number of para-hydroxylation sites is 1. The summed E-state index contributed by atoms with van der Waals surface area (Å²) in [6, 6.07) is 9.89. The van der Waals surface area contributed by atoms with Crippen molar-refractivity contribution in [1.29, 1.82) is 0 Å². The maximum Gasteiger partial charge on any atom is 0.245 e. The second-order valence-electron chi connectivity index (χ2n) is 8.29. The van der Waals surface area contributed by atoms with Crippen molar-refractivity contribution in [2.45, 2.75) is 18.8 Å². The fraction of sp³-hybridized carbons (Fsp3) is 0.192. The van der Waals surface area contributed by atoms with E-state index in [9.17, 15) is 18.0 Å². The molecular formula is C26H21F3N4O2. The van der Waals surface area contributed by atoms with Crippen molar-refractivity contribution in [3.63, 3.8) is 0 Å². The van der Waals surface area contributed by atoms with Crippen LogP contribution in [0.25, 0.3) is 16.6 Å². The molecular weight excluding hydrogens is 457 g/mol. The van der Waals surface area contributed by atoms with Crippen molar-refractivity contribution in [2.24, 2.45) is 0 Å². The van der Waals surface area contributed by atoms with E-state index in [-0.39, 0.29) is 17.6 Å². The number of piperidine rings is 1. The average Bonchev–Trinajstić information content (AvgIpc) is 3.27. The zero-order valence-corrected chi connectivity index (χ0v) is 18.6. The van der Waals surface area contributed by atoms with Gasteiger partial charge in [-0.05, 0) is 55.3 Å². The van der Waals surface area contributed by atoms with E-state index in [1.54, 1.807) is 33.8 Å². The molecule has 2 aromatic carbocycles. The monoisotopic (exact) mass is 478 g/mol. The molecule has 5 rings (SSSR count). The Bertz CT molecular complexity index is 1400. The minimum Gasteiger partial charge on any atom is -0.451 e. The van der Waals surface area contributed by atoms with Gasteiger partial charge in [0, 0.05) is 19.0 Å². The number of pyridine rings is 1. The highest BCUT2D eigenvalue weighted by molar-refractivity contribution is 5.87. The van der Waals surface area contributed by atoms with Gasteiger partial charge in [0.15, 0.2) is 23.2 Å². The number of carbonyl (C=O) groups excluding carboxylic acids is 1. The minimum absolute atomic E-state index is 0.153. The van der Waals surface area contributed by atoms with Gasteiger partial charge < -0.3 is 9.64 Å². The minimum atomic E-state index is -0.810. The zero-order valence-electron chi connectivity index (χ0n) is 18.6. The molecule has 0 spiro atoms. The van der Waals surface area contributed by atoms with Crippen LogP contribution in [0.2, 0.25) is 0 Å². The lowest BCUT2D eigenvalue weighted by Gasteiger charge is -2.31. The molecule has 35 heavy (non-hydrogen) atoms. The summed E-state index contributed by atoms with van der Waals surface area (Å²) >= 11 is 0. The number of carbonyl (C=O) groups is 1. The molecule has 6 nitrogen and oxygen atoms in total. The van der Waals surface area contributed by atoms with E-state index in [1.807, 2.05) is 0 Å². The Morgan fingerprint density at radius 1 is 1.06 bits per heavy atom. The van der Waals surface area contributed by atoms with Crippen molar-refractivity contribution >= 4 is 16.8 Å². The predicted molar refractivity (Wildman–Crippen MR) is 124 cm³/mol. The van der Waals surface area contributed by atoms with Crippen LogP contribution in [0, 0.1) is 17.5 Å². The molecule has 0 radical (unpaired) electrons. The number of rotatable bonds is 5. The Morgan fingerprint density at radius 3 is 2.51 bits per heavy atom. The summed E-state index contributed by atoms with van der Waals surface area (Å²) in [6.07, 6.45) is 5.48. The summed E-state index contributed by atoms with van der Waals surface area (Å²) in [4.78, 5) is 17.8. The second-order valence-corrected chi connectivity index (χ2v) is 8.29. The lowest BCUT2D eigenvalue weighted by molar-refractivity contribution is -0.127. The molecule has 2 aromatic heterocycles. The molecule has 0 saturated carbocycles. The first-order valence-electron chi connectivity index (χ1n) is 11.1. The third-order valence-electron chi connectivity index (χ3n) is 6.09. The van der Waals surface area contributed by atoms with Crippen LogP contribution >= 0.6 is 0 Å². The van der Waals surface area contributed by atoms with E-state index >= 15 is 0 Å². The molecule has 0 N–H and O–H groups in total. The number of hydrogen-bond donors (Lipinski definition) is 0. The molecule has 1 fully saturated rings. The highest BCUT2D eigenvalue weighted by atomic mass is 19.1. The first-order chi connectivity index (χ1) is 17.0. The average molecular weight is 478 g/mol. The van der Waals surface area contributed by atoms with Crippen molar-refractivity contribution in [3.05, 3.63) is 90.7 Å². The van der Waals surface area contributed by atoms with Gasteiger partial charge in [-0.15, -0.1) is 0 Å². The van der Waals surface area contributed by atoms with Crippen LogP contribution in [0.15, 0.2) is 67.5 Å². The fourth-order valence-corrected chi connectivity index (χ4v) is 4.42. The van der Waals surface area contributed by atoms with Crippen LogP contribution in [-0.2, 0) is 4.79 Å². The molecule has 0 aliphatic carbocycles. The van der Waals surface area contributed by atoms with E-state index in [4.69, 9.17) is 9.84 Å². The Morgan fingerprint density at radius 2 is 1.80 bits per heavy atom. The molecule has 1 saturated heterocycles. The molecule has 1 atom stereocenters. The highest BCUT2D eigenvalue weighted by Gasteiger charge is 2.29. The van der Waals surface area contributed by atoms with Gasteiger partial charge in [0.2, 0.25) is 5.91 Å². The largest absolute Gasteiger partial charge is 0.451 e. The quantitative estimate of drug-likeness (QED) is 0.355. The number of hydrogen-bond acceptors (Lipinski definition) is 4. The van der Waals surface area contributed by atoms with Gasteiger partial charge in [-0.25, -0.2) is 17.9 Å². The van der Waals surface area contributed by atoms with Gasteiger partial charge in [-0.1, -0.05) is 12.6 Å². The van der Waals surface area contributed by atoms with E-state index in [0.29, 0.717) is 35.4 Å². The Kier molecular flexibility index (Phi) is 5.98. The SMILES string of the molecule is C=CC(=O)N1CCC[C@@H](c2nn(-c3ccc(Oc4c(F)cccc4F)cc3)c3cncc(F)c23)C1. The van der Waals surface area contributed by atoms with Gasteiger partial charge in [0.1, 0.15) is 5.75 Å². The van der Waals surface area contributed by atoms with Crippen LogP contribution in [-0.4, -0.2) is 38.7 Å². The number of benzene rings is 2. The first kappa shape index (κ1) is 22.6. The highest BCUT2D eigenvalue weighted by Crippen LogP contribution is 2.34. The molecule has 1 aliphatic rings. The summed E-state index contributed by atoms with van der Waals surface area (Å²) in [7, 11) is 0. The van der Waals surface area contributed by atoms with Gasteiger partial charge >= 0.3 is 0 Å². The van der Waals surface area contributed by atoms with E-state index in [0.717, 1.165) is 31.2 Å². The standard InChI is InChI=1S/C26H21F3N4O2/c1-2-23(34)32-12-4-5-16(15-32)25-24-21(29)13-30-14-22(24)33(31-25)17-8-10-18(11-9-17)35-26-19(27)6-3-7-20(26)28/h2-3,6-11,13-14,16H,1,4-5,12,15H2/t16-/m1/s1. The molecule has 3 heterocycles. The molecule has 0 bridgehead atoms. The summed E-state index contributed by atoms with van der Waals surface area (Å²) in [5, 5.41) is 5.07. The number of nitrogens with zero attached hydrogens (tertiary/aromatic N) is 4. The molecule has 1 aliphatic heterocycles. The lowest BCUT2D eigenvalue weighted by atomic mass is 9.93. The molecule has 0 unspecified atom stereocenters. The number of halogens is 3. The summed E-state index contributed by atoms with van der Waals surface area (Å²) in [5.41, 5.74) is 1.61. The molecule has 178 valence electrons. The van der Waals surface area contributed by atoms with Crippen molar-refractivity contribution in [1.82, 2.24) is 19.7 Å². The van der Waals surface area contributed by atoms with Crippen molar-refractivity contribution in [3.8, 4) is 17.2 Å². The smallest absolute Gasteiger partial charge is 0.245 e. The van der Waals surface area contributed by atoms with Gasteiger partial charge in [0.25, 0.3) is 0 Å². The van der Waals surface area contributed by atoms with Crippen LogP contribution < -0.4 is 4.74 Å². The maximum absolute atomic E-state index is 14.9. The third-order valence-corrected chi connectivity index (χ3v) is 6.09. The zero-order chi connectivity index (χ0) is 24.5. The second kappa shape index (κ2) is 9.25. The van der Waals surface area contributed by atoms with E-state index in [2.05, 4.69) is 11.6 Å². The number of fused-ring (bicyclic) bond motifs is 1. The van der Waals surface area contributed by atoms with Crippen molar-refractivity contribution < 1.29 is 22.7 Å². The van der Waals surface area contributed by atoms with E-state index in [1.165, 1.54) is 18.3 Å². The molecule has 9 heteroatoms. The lowest BCUT2D eigenvalue weighted by Crippen LogP contribution is -2.38. The summed E-state index contributed by atoms with van der Waals surface area (Å²) in [5.74, 6) is -2.70. The predicted octanol–water partition coefficient (Wildman–Crippen LogP) is 5.52. The van der Waals surface area contributed by atoms with Gasteiger partial charge in [-0.2, -0.15) is 5.10 Å². The van der Waals surface area contributed by atoms with E-state index < -0.39 is 23.2 Å². The van der Waals surface area contributed by atoms with Gasteiger partial charge in [0.05, 0.1) is 34.7 Å². The molecule has 1 amide bonds. The summed E-state index contributed by atoms with van der Waals surface area (Å²) < 4.78 is 49.7. The van der Waals surface area contributed by atoms with Crippen LogP contribution in [0.1, 0.15) is 24.5 Å². The maximum atomic E-state index is 14.9. The van der Waals surface area contributed by atoms with Crippen LogP contribution in [0.5, 0.6) is 11.5 Å². The fourth-order valence-electron chi connectivity index (χ4n) is 4.42. The number of likely N-dealkylation sites (tertiary alicyclic amines) is 1. The number of amides is 1. The van der Waals surface area contributed by atoms with Crippen LogP contribution in [0.3, 0.4) is 0 Å². The number of aromatic nitrogens is 3. The van der Waals surface area contributed by atoms with Crippen LogP contribution in [0.4, 0.5) is 13.2 Å². The normalized spacial score (nSPS) is 15.9.